The van der Waals surface area contributed by atoms with Crippen molar-refractivity contribution in [3.63, 3.8) is 0 Å². The van der Waals surface area contributed by atoms with Crippen molar-refractivity contribution < 1.29 is 0 Å². The van der Waals surface area contributed by atoms with E-state index in [4.69, 9.17) is 5.73 Å². The van der Waals surface area contributed by atoms with Gasteiger partial charge in [-0.25, -0.2) is 0 Å². The Bertz CT molecular complexity index is 118. The van der Waals surface area contributed by atoms with Gasteiger partial charge in [0.1, 0.15) is 0 Å². The zero-order chi connectivity index (χ0) is 7.78. The van der Waals surface area contributed by atoms with E-state index >= 15 is 0 Å². The molecule has 0 radical (unpaired) electrons. The highest BCUT2D eigenvalue weighted by molar-refractivity contribution is 4.90. The molecular weight excluding hydrogens is 122 g/mol. The fraction of sp³-hybridized carbons (Fsp3) is 1.00. The maximum absolute atomic E-state index is 6.11. The van der Waals surface area contributed by atoms with Gasteiger partial charge >= 0.3 is 0 Å². The van der Waals surface area contributed by atoms with E-state index in [2.05, 4.69) is 20.8 Å². The van der Waals surface area contributed by atoms with E-state index in [-0.39, 0.29) is 5.54 Å². The second-order valence-corrected chi connectivity index (χ2v) is 4.29. The Kier molecular flexibility index (Phi) is 2.04. The van der Waals surface area contributed by atoms with Crippen LogP contribution in [0.25, 0.3) is 0 Å². The molecule has 0 aromatic heterocycles. The van der Waals surface area contributed by atoms with E-state index in [0.717, 1.165) is 5.92 Å². The Hall–Kier alpha value is -0.0400. The van der Waals surface area contributed by atoms with E-state index < -0.39 is 0 Å². The lowest BCUT2D eigenvalue weighted by Gasteiger charge is -2.39. The molecule has 1 aliphatic rings. The van der Waals surface area contributed by atoms with Crippen molar-refractivity contribution >= 4 is 0 Å². The van der Waals surface area contributed by atoms with Gasteiger partial charge in [0, 0.05) is 5.54 Å². The second-order valence-electron chi connectivity index (χ2n) is 4.29. The summed E-state index contributed by atoms with van der Waals surface area (Å²) < 4.78 is 0. The first-order chi connectivity index (χ1) is 4.52. The normalized spacial score (nSPS) is 49.2. The zero-order valence-electron chi connectivity index (χ0n) is 7.35. The molecule has 10 heavy (non-hydrogen) atoms. The van der Waals surface area contributed by atoms with Crippen LogP contribution in [0.15, 0.2) is 0 Å². The van der Waals surface area contributed by atoms with Gasteiger partial charge in [0.15, 0.2) is 0 Å². The fourth-order valence-corrected chi connectivity index (χ4v) is 1.92. The minimum Gasteiger partial charge on any atom is -0.325 e. The second kappa shape index (κ2) is 2.54. The van der Waals surface area contributed by atoms with Crippen molar-refractivity contribution in [3.05, 3.63) is 0 Å². The molecule has 0 bridgehead atoms. The Balaban J connectivity index is 2.55. The highest BCUT2D eigenvalue weighted by atomic mass is 14.7. The molecule has 0 aromatic carbocycles. The van der Waals surface area contributed by atoms with E-state index in [1.807, 2.05) is 0 Å². The van der Waals surface area contributed by atoms with Crippen molar-refractivity contribution in [2.45, 2.75) is 45.6 Å². The fourth-order valence-electron chi connectivity index (χ4n) is 1.92. The van der Waals surface area contributed by atoms with Crippen LogP contribution in [0, 0.1) is 11.8 Å². The number of nitrogens with two attached hydrogens (primary N) is 1. The van der Waals surface area contributed by atoms with Crippen LogP contribution in [-0.2, 0) is 0 Å². The van der Waals surface area contributed by atoms with Crippen molar-refractivity contribution in [1.29, 1.82) is 0 Å². The predicted octanol–water partition coefficient (Wildman–Crippen LogP) is 2.16. The summed E-state index contributed by atoms with van der Waals surface area (Å²) in [4.78, 5) is 0. The monoisotopic (exact) mass is 141 g/mol. The Morgan fingerprint density at radius 1 is 1.30 bits per heavy atom. The molecule has 0 saturated heterocycles. The van der Waals surface area contributed by atoms with Gasteiger partial charge in [0.05, 0.1) is 0 Å². The summed E-state index contributed by atoms with van der Waals surface area (Å²) >= 11 is 0. The first kappa shape index (κ1) is 8.06. The summed E-state index contributed by atoms with van der Waals surface area (Å²) in [5.74, 6) is 1.55. The third-order valence-electron chi connectivity index (χ3n) is 3.01. The van der Waals surface area contributed by atoms with Crippen LogP contribution in [0.2, 0.25) is 0 Å². The molecule has 0 heterocycles. The molecule has 0 aliphatic heterocycles. The summed E-state index contributed by atoms with van der Waals surface area (Å²) in [6.45, 7) is 6.76. The molecule has 1 saturated carbocycles. The maximum atomic E-state index is 6.11. The number of rotatable bonds is 0. The molecule has 1 nitrogen and oxygen atoms in total. The van der Waals surface area contributed by atoms with Gasteiger partial charge in [-0.15, -0.1) is 0 Å². The zero-order valence-corrected chi connectivity index (χ0v) is 7.35. The molecule has 1 fully saturated rings. The topological polar surface area (TPSA) is 26.0 Å². The van der Waals surface area contributed by atoms with Crippen LogP contribution in [0.4, 0.5) is 0 Å². The van der Waals surface area contributed by atoms with Gasteiger partial charge in [0.25, 0.3) is 0 Å². The molecule has 0 unspecified atom stereocenters. The molecule has 3 atom stereocenters. The number of hydrogen-bond donors (Lipinski definition) is 1. The van der Waals surface area contributed by atoms with Gasteiger partial charge in [-0.05, 0) is 31.6 Å². The van der Waals surface area contributed by atoms with Crippen LogP contribution in [-0.4, -0.2) is 5.54 Å². The molecule has 60 valence electrons. The van der Waals surface area contributed by atoms with Crippen molar-refractivity contribution in [2.24, 2.45) is 17.6 Å². The molecule has 0 aromatic rings. The first-order valence-corrected chi connectivity index (χ1v) is 4.31. The smallest absolute Gasteiger partial charge is 0.0154 e. The highest BCUT2D eigenvalue weighted by Crippen LogP contribution is 2.34. The van der Waals surface area contributed by atoms with Gasteiger partial charge in [-0.3, -0.25) is 0 Å². The first-order valence-electron chi connectivity index (χ1n) is 4.31. The average Bonchev–Trinajstić information content (AvgIpc) is 1.78. The Morgan fingerprint density at radius 3 is 2.30 bits per heavy atom. The molecule has 0 amide bonds. The summed E-state index contributed by atoms with van der Waals surface area (Å²) in [5, 5.41) is 0. The van der Waals surface area contributed by atoms with Gasteiger partial charge in [0.2, 0.25) is 0 Å². The van der Waals surface area contributed by atoms with E-state index in [0.29, 0.717) is 5.92 Å². The van der Waals surface area contributed by atoms with E-state index in [1.165, 1.54) is 19.3 Å². The summed E-state index contributed by atoms with van der Waals surface area (Å²) in [5.41, 5.74) is 6.22. The summed E-state index contributed by atoms with van der Waals surface area (Å²) in [6.07, 6.45) is 3.89. The van der Waals surface area contributed by atoms with Crippen LogP contribution in [0.1, 0.15) is 40.0 Å². The third-order valence-corrected chi connectivity index (χ3v) is 3.01. The van der Waals surface area contributed by atoms with Crippen LogP contribution >= 0.6 is 0 Å². The largest absolute Gasteiger partial charge is 0.325 e. The lowest BCUT2D eigenvalue weighted by atomic mass is 9.71. The third kappa shape index (κ3) is 1.51. The predicted molar refractivity (Wildman–Crippen MR) is 44.8 cm³/mol. The van der Waals surface area contributed by atoms with E-state index in [9.17, 15) is 0 Å². The summed E-state index contributed by atoms with van der Waals surface area (Å²) in [7, 11) is 0. The van der Waals surface area contributed by atoms with Gasteiger partial charge < -0.3 is 5.73 Å². The van der Waals surface area contributed by atoms with Gasteiger partial charge in [-0.2, -0.15) is 0 Å². The van der Waals surface area contributed by atoms with Crippen molar-refractivity contribution in [1.82, 2.24) is 0 Å². The lowest BCUT2D eigenvalue weighted by molar-refractivity contribution is 0.179. The van der Waals surface area contributed by atoms with Crippen LogP contribution in [0.5, 0.6) is 0 Å². The average molecular weight is 141 g/mol. The summed E-state index contributed by atoms with van der Waals surface area (Å²) in [6, 6.07) is 0. The Labute approximate surface area is 64.0 Å². The maximum Gasteiger partial charge on any atom is 0.0154 e. The van der Waals surface area contributed by atoms with Crippen LogP contribution < -0.4 is 5.73 Å². The standard InChI is InChI=1S/C9H19N/c1-7-4-5-8(2)9(3,10)6-7/h7-8H,4-6,10H2,1-3H3/t7-,8-,9+/m1/s1. The molecule has 2 N–H and O–H groups in total. The quantitative estimate of drug-likeness (QED) is 0.549. The Morgan fingerprint density at radius 2 is 1.90 bits per heavy atom. The molecule has 1 rings (SSSR count). The van der Waals surface area contributed by atoms with Gasteiger partial charge in [-0.1, -0.05) is 20.3 Å². The molecule has 0 spiro atoms. The van der Waals surface area contributed by atoms with Crippen molar-refractivity contribution in [2.75, 3.05) is 0 Å². The minimum atomic E-state index is 0.109. The number of hydrogen-bond acceptors (Lipinski definition) is 1. The van der Waals surface area contributed by atoms with Crippen molar-refractivity contribution in [3.8, 4) is 0 Å². The van der Waals surface area contributed by atoms with Crippen LogP contribution in [0.3, 0.4) is 0 Å². The molecule has 1 heteroatoms. The highest BCUT2D eigenvalue weighted by Gasteiger charge is 2.32. The minimum absolute atomic E-state index is 0.109. The molecular formula is C9H19N. The lowest BCUT2D eigenvalue weighted by Crippen LogP contribution is -2.47. The van der Waals surface area contributed by atoms with E-state index in [1.54, 1.807) is 0 Å². The molecule has 1 aliphatic carbocycles. The SMILES string of the molecule is C[C@@H]1CC[C@@H](C)[C@@](C)(N)C1.